The molecular weight excluding hydrogens is 564 g/mol. The van der Waals surface area contributed by atoms with E-state index in [1.165, 1.54) is 0 Å². The molecule has 0 aliphatic carbocycles. The number of aromatic nitrogens is 2. The fraction of sp³-hybridized carbons (Fsp3) is 0.350. The minimum absolute atomic E-state index is 0.227. The smallest absolute Gasteiger partial charge is 0.135 e. The van der Waals surface area contributed by atoms with Gasteiger partial charge in [0.15, 0.2) is 0 Å². The number of hydrogen-bond acceptors (Lipinski definition) is 6. The maximum atomic E-state index is 5.35. The number of aliphatic imine (C=N–C) groups is 2. The van der Waals surface area contributed by atoms with Crippen molar-refractivity contribution in [3.8, 4) is 22.5 Å². The molecule has 0 amide bonds. The maximum absolute atomic E-state index is 5.35. The number of pyridine rings is 2. The molecule has 7 rings (SSSR count). The van der Waals surface area contributed by atoms with Crippen LogP contribution in [0.1, 0.15) is 69.2 Å². The van der Waals surface area contributed by atoms with E-state index in [9.17, 15) is 0 Å². The van der Waals surface area contributed by atoms with Gasteiger partial charge in [-0.15, -0.1) is 0 Å². The van der Waals surface area contributed by atoms with Crippen LogP contribution in [0.25, 0.3) is 44.1 Å². The molecule has 3 aromatic carbocycles. The fourth-order valence-electron chi connectivity index (χ4n) is 7.50. The Morgan fingerprint density at radius 1 is 0.435 bits per heavy atom. The van der Waals surface area contributed by atoms with Crippen LogP contribution in [0.3, 0.4) is 0 Å². The first-order chi connectivity index (χ1) is 21.7. The molecule has 0 N–H and O–H groups in total. The van der Waals surface area contributed by atoms with E-state index in [2.05, 4.69) is 164 Å². The van der Waals surface area contributed by atoms with Crippen molar-refractivity contribution < 1.29 is 0 Å². The first kappa shape index (κ1) is 30.1. The first-order valence-corrected chi connectivity index (χ1v) is 16.3. The number of fused-ring (bicyclic) bond motifs is 2. The molecule has 5 aromatic rings. The van der Waals surface area contributed by atoms with Gasteiger partial charge in [0.1, 0.15) is 23.3 Å². The van der Waals surface area contributed by atoms with E-state index in [1.807, 2.05) is 0 Å². The van der Waals surface area contributed by atoms with Gasteiger partial charge in [-0.2, -0.15) is 0 Å². The van der Waals surface area contributed by atoms with E-state index in [0.717, 1.165) is 67.4 Å². The van der Waals surface area contributed by atoms with Gasteiger partial charge in [-0.3, -0.25) is 9.98 Å². The molecule has 0 atom stereocenters. The molecule has 46 heavy (non-hydrogen) atoms. The normalized spacial score (nSPS) is 19.5. The third kappa shape index (κ3) is 4.22. The Bertz CT molecular complexity index is 1890. The lowest BCUT2D eigenvalue weighted by Crippen LogP contribution is -2.53. The summed E-state index contributed by atoms with van der Waals surface area (Å²) in [7, 11) is 0. The second-order valence-electron chi connectivity index (χ2n) is 14.8. The molecule has 0 fully saturated rings. The van der Waals surface area contributed by atoms with E-state index in [-0.39, 0.29) is 22.2 Å². The number of rotatable bonds is 4. The van der Waals surface area contributed by atoms with Crippen LogP contribution in [0.2, 0.25) is 0 Å². The molecule has 0 saturated heterocycles. The molecule has 234 valence electrons. The van der Waals surface area contributed by atoms with Crippen LogP contribution in [0.4, 0.5) is 11.6 Å². The molecule has 0 saturated carbocycles. The summed E-state index contributed by atoms with van der Waals surface area (Å²) in [4.78, 5) is 25.3. The predicted octanol–water partition coefficient (Wildman–Crippen LogP) is 9.71. The van der Waals surface area contributed by atoms with Gasteiger partial charge < -0.3 is 9.80 Å². The van der Waals surface area contributed by atoms with Crippen molar-refractivity contribution >= 4 is 44.9 Å². The fourth-order valence-corrected chi connectivity index (χ4v) is 7.50. The van der Waals surface area contributed by atoms with E-state index < -0.39 is 0 Å². The molecule has 2 aliphatic heterocycles. The van der Waals surface area contributed by atoms with E-state index in [1.54, 1.807) is 0 Å². The zero-order valence-corrected chi connectivity index (χ0v) is 28.8. The molecule has 0 unspecified atom stereocenters. The molecule has 2 aliphatic rings. The van der Waals surface area contributed by atoms with Crippen molar-refractivity contribution in [3.05, 3.63) is 84.9 Å². The summed E-state index contributed by atoms with van der Waals surface area (Å²) in [6, 6.07) is 30.1. The van der Waals surface area contributed by atoms with Gasteiger partial charge in [-0.25, -0.2) is 9.97 Å². The van der Waals surface area contributed by atoms with Crippen LogP contribution in [-0.4, -0.2) is 43.8 Å². The molecule has 0 bridgehead atoms. The Labute approximate surface area is 272 Å². The number of anilines is 2. The Morgan fingerprint density at radius 3 is 1.04 bits per heavy atom. The quantitative estimate of drug-likeness (QED) is 0.191. The molecular formula is C40H44N6. The summed E-state index contributed by atoms with van der Waals surface area (Å²) in [5.41, 5.74) is 3.22. The first-order valence-electron chi connectivity index (χ1n) is 16.3. The molecule has 0 spiro atoms. The van der Waals surface area contributed by atoms with Crippen LogP contribution < -0.4 is 9.80 Å². The Hall–Kier alpha value is -4.58. The van der Waals surface area contributed by atoms with Crippen LogP contribution in [0, 0.1) is 0 Å². The predicted molar refractivity (Wildman–Crippen MR) is 195 cm³/mol. The van der Waals surface area contributed by atoms with Gasteiger partial charge in [0.25, 0.3) is 0 Å². The van der Waals surface area contributed by atoms with Gasteiger partial charge in [0.05, 0.1) is 33.5 Å². The zero-order valence-electron chi connectivity index (χ0n) is 28.8. The van der Waals surface area contributed by atoms with Crippen LogP contribution in [0.5, 0.6) is 0 Å². The van der Waals surface area contributed by atoms with Gasteiger partial charge in [-0.1, -0.05) is 60.7 Å². The Kier molecular flexibility index (Phi) is 6.51. The summed E-state index contributed by atoms with van der Waals surface area (Å²) in [5, 5.41) is 4.61. The van der Waals surface area contributed by atoms with Crippen LogP contribution in [-0.2, 0) is 0 Å². The summed E-state index contributed by atoms with van der Waals surface area (Å²) >= 11 is 0. The SMILES string of the molecule is CC1=NC(C)(C)C(C)(C)N1c1cccc(-c2c3ccccc3c(-c3cccc(N4C(C)=NC(C)(C)C4(C)C)n3)c3ccccc23)n1. The Morgan fingerprint density at radius 2 is 0.761 bits per heavy atom. The molecule has 4 heterocycles. The summed E-state index contributed by atoms with van der Waals surface area (Å²) in [6.45, 7) is 22.0. The van der Waals surface area contributed by atoms with Crippen molar-refractivity contribution in [1.82, 2.24) is 9.97 Å². The van der Waals surface area contributed by atoms with Crippen molar-refractivity contribution in [2.75, 3.05) is 9.80 Å². The number of benzene rings is 3. The third-order valence-electron chi connectivity index (χ3n) is 11.0. The molecule has 6 nitrogen and oxygen atoms in total. The molecule has 0 radical (unpaired) electrons. The molecule has 6 heteroatoms. The average molecular weight is 609 g/mol. The zero-order chi connectivity index (χ0) is 32.8. The lowest BCUT2D eigenvalue weighted by atomic mass is 9.83. The van der Waals surface area contributed by atoms with Gasteiger partial charge in [0.2, 0.25) is 0 Å². The van der Waals surface area contributed by atoms with Crippen molar-refractivity contribution in [1.29, 1.82) is 0 Å². The molecule has 2 aromatic heterocycles. The van der Waals surface area contributed by atoms with Gasteiger partial charge in [0, 0.05) is 11.1 Å². The lowest BCUT2D eigenvalue weighted by Gasteiger charge is -2.40. The highest BCUT2D eigenvalue weighted by molar-refractivity contribution is 6.21. The average Bonchev–Trinajstić information content (AvgIpc) is 3.27. The highest BCUT2D eigenvalue weighted by Crippen LogP contribution is 2.46. The number of amidine groups is 2. The third-order valence-corrected chi connectivity index (χ3v) is 11.0. The topological polar surface area (TPSA) is 57.0 Å². The number of nitrogens with zero attached hydrogens (tertiary/aromatic N) is 6. The van der Waals surface area contributed by atoms with Crippen LogP contribution >= 0.6 is 0 Å². The summed E-state index contributed by atoms with van der Waals surface area (Å²) in [5.74, 6) is 3.80. The highest BCUT2D eigenvalue weighted by Gasteiger charge is 2.49. The number of hydrogen-bond donors (Lipinski definition) is 0. The van der Waals surface area contributed by atoms with E-state index >= 15 is 0 Å². The summed E-state index contributed by atoms with van der Waals surface area (Å²) < 4.78 is 0. The standard InChI is InChI=1S/C40H44N6/c1-25-43-37(3,4)39(7,8)45(25)33-23-15-21-31(41-33)35-27-17-11-13-19-29(27)36(30-20-14-12-18-28(30)35)32-22-16-24-34(42-32)46-26(2)44-38(5,6)40(46,9)10/h11-24H,1-10H3. The lowest BCUT2D eigenvalue weighted by molar-refractivity contribution is 0.337. The maximum Gasteiger partial charge on any atom is 0.135 e. The van der Waals surface area contributed by atoms with Gasteiger partial charge in [-0.05, 0) is 115 Å². The van der Waals surface area contributed by atoms with Crippen molar-refractivity contribution in [2.45, 2.75) is 91.4 Å². The highest BCUT2D eigenvalue weighted by atomic mass is 15.4. The van der Waals surface area contributed by atoms with Crippen molar-refractivity contribution in [2.24, 2.45) is 9.98 Å². The largest absolute Gasteiger partial charge is 0.307 e. The second-order valence-corrected chi connectivity index (χ2v) is 14.8. The minimum Gasteiger partial charge on any atom is -0.307 e. The van der Waals surface area contributed by atoms with E-state index in [0.29, 0.717) is 0 Å². The summed E-state index contributed by atoms with van der Waals surface area (Å²) in [6.07, 6.45) is 0. The van der Waals surface area contributed by atoms with Crippen molar-refractivity contribution in [3.63, 3.8) is 0 Å². The monoisotopic (exact) mass is 608 g/mol. The van der Waals surface area contributed by atoms with E-state index in [4.69, 9.17) is 20.0 Å². The Balaban J connectivity index is 1.44. The van der Waals surface area contributed by atoms with Gasteiger partial charge >= 0.3 is 0 Å². The van der Waals surface area contributed by atoms with Crippen LogP contribution in [0.15, 0.2) is 94.9 Å². The second kappa shape index (κ2) is 9.96. The minimum atomic E-state index is -0.234.